The van der Waals surface area contributed by atoms with Gasteiger partial charge in [-0.05, 0) is 18.2 Å². The average Bonchev–Trinajstić information content (AvgIpc) is 3.22. The lowest BCUT2D eigenvalue weighted by molar-refractivity contribution is 0.384. The Hall–Kier alpha value is -2.82. The number of hydrogen-bond acceptors (Lipinski definition) is 3. The standard InChI is InChI=1S/C18H15FN4/c1-11-8-16(20-9-11)17(19)14-6-3-5-13(23-14)12-4-2-7-15-18(12)22-10-21-15/h2-11,17H,1H3,(H,21,22). The first-order valence-corrected chi connectivity index (χ1v) is 7.52. The predicted octanol–water partition coefficient (Wildman–Crippen LogP) is 4.24. The van der Waals surface area contributed by atoms with E-state index >= 15 is 0 Å². The summed E-state index contributed by atoms with van der Waals surface area (Å²) < 4.78 is 14.7. The molecule has 2 unspecified atom stereocenters. The summed E-state index contributed by atoms with van der Waals surface area (Å²) in [6, 6.07) is 11.2. The van der Waals surface area contributed by atoms with Crippen molar-refractivity contribution in [1.29, 1.82) is 0 Å². The third-order valence-electron chi connectivity index (χ3n) is 3.91. The molecule has 1 N–H and O–H groups in total. The first kappa shape index (κ1) is 13.8. The van der Waals surface area contributed by atoms with Crippen LogP contribution in [0.5, 0.6) is 0 Å². The van der Waals surface area contributed by atoms with E-state index in [1.807, 2.05) is 43.3 Å². The third-order valence-corrected chi connectivity index (χ3v) is 3.91. The Morgan fingerprint density at radius 3 is 2.87 bits per heavy atom. The van der Waals surface area contributed by atoms with Crippen molar-refractivity contribution in [3.05, 3.63) is 60.2 Å². The lowest BCUT2D eigenvalue weighted by atomic mass is 10.1. The number of imidazole rings is 1. The van der Waals surface area contributed by atoms with Crippen molar-refractivity contribution in [1.82, 2.24) is 15.0 Å². The minimum absolute atomic E-state index is 0.171. The van der Waals surface area contributed by atoms with Gasteiger partial charge in [0.05, 0.1) is 34.4 Å². The van der Waals surface area contributed by atoms with Crippen LogP contribution in [0, 0.1) is 5.92 Å². The number of halogens is 1. The molecule has 0 radical (unpaired) electrons. The maximum Gasteiger partial charge on any atom is 0.183 e. The van der Waals surface area contributed by atoms with Gasteiger partial charge in [-0.2, -0.15) is 0 Å². The minimum Gasteiger partial charge on any atom is -0.345 e. The number of rotatable bonds is 3. The molecule has 114 valence electrons. The summed E-state index contributed by atoms with van der Waals surface area (Å²) in [7, 11) is 0. The van der Waals surface area contributed by atoms with Crippen LogP contribution < -0.4 is 0 Å². The van der Waals surface area contributed by atoms with Crippen molar-refractivity contribution < 1.29 is 4.39 Å². The second kappa shape index (κ2) is 5.43. The zero-order chi connectivity index (χ0) is 15.8. The summed E-state index contributed by atoms with van der Waals surface area (Å²) in [5.74, 6) is 0.171. The fraction of sp³-hybridized carbons (Fsp3) is 0.167. The number of pyridine rings is 1. The highest BCUT2D eigenvalue weighted by atomic mass is 19.1. The number of hydrogen-bond donors (Lipinski definition) is 1. The smallest absolute Gasteiger partial charge is 0.183 e. The number of fused-ring (bicyclic) bond motifs is 1. The van der Waals surface area contributed by atoms with Gasteiger partial charge in [-0.25, -0.2) is 14.4 Å². The maximum atomic E-state index is 14.7. The third kappa shape index (κ3) is 2.44. The second-order valence-corrected chi connectivity index (χ2v) is 5.64. The van der Waals surface area contributed by atoms with E-state index in [9.17, 15) is 4.39 Å². The van der Waals surface area contributed by atoms with Gasteiger partial charge in [-0.15, -0.1) is 0 Å². The van der Waals surface area contributed by atoms with Crippen LogP contribution in [0.25, 0.3) is 22.3 Å². The van der Waals surface area contributed by atoms with Crippen LogP contribution in [-0.2, 0) is 0 Å². The molecule has 0 saturated carbocycles. The van der Waals surface area contributed by atoms with Crippen LogP contribution in [0.4, 0.5) is 4.39 Å². The van der Waals surface area contributed by atoms with Gasteiger partial charge in [-0.1, -0.05) is 31.2 Å². The monoisotopic (exact) mass is 306 g/mol. The second-order valence-electron chi connectivity index (χ2n) is 5.64. The Bertz CT molecular complexity index is 925. The molecule has 0 fully saturated rings. The van der Waals surface area contributed by atoms with E-state index in [1.165, 1.54) is 0 Å². The van der Waals surface area contributed by atoms with Gasteiger partial charge in [0.2, 0.25) is 0 Å². The molecule has 1 aliphatic heterocycles. The lowest BCUT2D eigenvalue weighted by Gasteiger charge is -2.09. The zero-order valence-electron chi connectivity index (χ0n) is 12.6. The first-order valence-electron chi connectivity index (χ1n) is 7.52. The van der Waals surface area contributed by atoms with Crippen LogP contribution in [0.2, 0.25) is 0 Å². The van der Waals surface area contributed by atoms with Gasteiger partial charge < -0.3 is 4.98 Å². The molecule has 3 heterocycles. The normalized spacial score (nSPS) is 18.3. The molecule has 2 aromatic heterocycles. The number of benzene rings is 1. The molecule has 3 aromatic rings. The molecule has 0 saturated heterocycles. The Labute approximate surface area is 132 Å². The summed E-state index contributed by atoms with van der Waals surface area (Å²) >= 11 is 0. The molecule has 0 amide bonds. The highest BCUT2D eigenvalue weighted by Gasteiger charge is 2.21. The van der Waals surface area contributed by atoms with Crippen LogP contribution in [0.15, 0.2) is 59.5 Å². The molecular weight excluding hydrogens is 291 g/mol. The molecular formula is C18H15FN4. The number of nitrogens with one attached hydrogen (secondary N) is 1. The van der Waals surface area contributed by atoms with Crippen molar-refractivity contribution in [3.8, 4) is 11.3 Å². The lowest BCUT2D eigenvalue weighted by Crippen LogP contribution is -1.98. The number of allylic oxidation sites excluding steroid dienone is 2. The van der Waals surface area contributed by atoms with E-state index in [4.69, 9.17) is 0 Å². The van der Waals surface area contributed by atoms with Crippen molar-refractivity contribution in [3.63, 3.8) is 0 Å². The summed E-state index contributed by atoms with van der Waals surface area (Å²) in [4.78, 5) is 16.0. The Kier molecular flexibility index (Phi) is 3.26. The highest BCUT2D eigenvalue weighted by Crippen LogP contribution is 2.31. The van der Waals surface area contributed by atoms with Crippen LogP contribution >= 0.6 is 0 Å². The Morgan fingerprint density at radius 1 is 1.17 bits per heavy atom. The molecule has 4 nitrogen and oxygen atoms in total. The predicted molar refractivity (Wildman–Crippen MR) is 88.9 cm³/mol. The van der Waals surface area contributed by atoms with Gasteiger partial charge in [0.1, 0.15) is 0 Å². The minimum atomic E-state index is -1.31. The number of para-hydroxylation sites is 1. The van der Waals surface area contributed by atoms with E-state index in [0.29, 0.717) is 17.1 Å². The average molecular weight is 306 g/mol. The molecule has 0 spiro atoms. The first-order chi connectivity index (χ1) is 11.2. The van der Waals surface area contributed by atoms with Gasteiger partial charge in [0.15, 0.2) is 6.17 Å². The molecule has 0 aliphatic carbocycles. The van der Waals surface area contributed by atoms with Crippen molar-refractivity contribution in [2.45, 2.75) is 13.1 Å². The molecule has 1 aromatic carbocycles. The van der Waals surface area contributed by atoms with E-state index < -0.39 is 6.17 Å². The Morgan fingerprint density at radius 2 is 2.04 bits per heavy atom. The Balaban J connectivity index is 1.76. The SMILES string of the molecule is CC1C=NC(C(F)c2cccc(-c3cccc4[nH]cnc34)n2)=C1. The van der Waals surface area contributed by atoms with Gasteiger partial charge in [0, 0.05) is 17.7 Å². The quantitative estimate of drug-likeness (QED) is 0.787. The molecule has 0 bridgehead atoms. The fourth-order valence-electron chi connectivity index (χ4n) is 2.78. The van der Waals surface area contributed by atoms with Crippen LogP contribution in [-0.4, -0.2) is 21.2 Å². The summed E-state index contributed by atoms with van der Waals surface area (Å²) in [6.45, 7) is 1.98. The number of nitrogens with zero attached hydrogens (tertiary/aromatic N) is 3. The van der Waals surface area contributed by atoms with Crippen molar-refractivity contribution in [2.24, 2.45) is 10.9 Å². The van der Waals surface area contributed by atoms with E-state index in [1.54, 1.807) is 18.6 Å². The molecule has 4 rings (SSSR count). The van der Waals surface area contributed by atoms with Crippen LogP contribution in [0.3, 0.4) is 0 Å². The van der Waals surface area contributed by atoms with Crippen LogP contribution in [0.1, 0.15) is 18.8 Å². The maximum absolute atomic E-state index is 14.7. The number of aromatic nitrogens is 3. The highest BCUT2D eigenvalue weighted by molar-refractivity contribution is 5.90. The van der Waals surface area contributed by atoms with E-state index in [2.05, 4.69) is 19.9 Å². The van der Waals surface area contributed by atoms with Crippen molar-refractivity contribution >= 4 is 17.2 Å². The number of aliphatic imine (C=N–C) groups is 1. The topological polar surface area (TPSA) is 53.9 Å². The van der Waals surface area contributed by atoms with Crippen molar-refractivity contribution in [2.75, 3.05) is 0 Å². The summed E-state index contributed by atoms with van der Waals surface area (Å²) in [6.07, 6.45) is 3.91. The molecule has 1 aliphatic rings. The van der Waals surface area contributed by atoms with Gasteiger partial charge in [-0.3, -0.25) is 4.99 Å². The number of H-pyrrole nitrogens is 1. The van der Waals surface area contributed by atoms with E-state index in [-0.39, 0.29) is 5.92 Å². The molecule has 23 heavy (non-hydrogen) atoms. The largest absolute Gasteiger partial charge is 0.345 e. The molecule has 5 heteroatoms. The number of alkyl halides is 1. The van der Waals surface area contributed by atoms with Gasteiger partial charge >= 0.3 is 0 Å². The number of aromatic amines is 1. The van der Waals surface area contributed by atoms with E-state index in [0.717, 1.165) is 16.6 Å². The summed E-state index contributed by atoms with van der Waals surface area (Å²) in [5, 5.41) is 0. The zero-order valence-corrected chi connectivity index (χ0v) is 12.6. The van der Waals surface area contributed by atoms with Gasteiger partial charge in [0.25, 0.3) is 0 Å². The summed E-state index contributed by atoms with van der Waals surface area (Å²) in [5.41, 5.74) is 4.16. The molecule has 2 atom stereocenters. The fourth-order valence-corrected chi connectivity index (χ4v) is 2.78.